The lowest BCUT2D eigenvalue weighted by atomic mass is 10.2. The van der Waals surface area contributed by atoms with Crippen molar-refractivity contribution in [1.29, 1.82) is 0 Å². The molecule has 11 heteroatoms. The van der Waals surface area contributed by atoms with Gasteiger partial charge in [-0.25, -0.2) is 13.2 Å². The summed E-state index contributed by atoms with van der Waals surface area (Å²) in [6.45, 7) is 1.84. The second kappa shape index (κ2) is 11.7. The van der Waals surface area contributed by atoms with Gasteiger partial charge in [-0.05, 0) is 43.2 Å². The van der Waals surface area contributed by atoms with Crippen LogP contribution < -0.4 is 5.32 Å². The molecule has 0 aromatic heterocycles. The van der Waals surface area contributed by atoms with Crippen LogP contribution in [-0.2, 0) is 30.1 Å². The highest BCUT2D eigenvalue weighted by Crippen LogP contribution is 2.28. The molecule has 0 saturated carbocycles. The molecule has 2 unspecified atom stereocenters. The van der Waals surface area contributed by atoms with E-state index in [9.17, 15) is 22.8 Å². The Labute approximate surface area is 210 Å². The van der Waals surface area contributed by atoms with Gasteiger partial charge in [0.05, 0.1) is 24.5 Å². The van der Waals surface area contributed by atoms with Gasteiger partial charge in [-0.15, -0.1) is 0 Å². The fourth-order valence-electron chi connectivity index (χ4n) is 3.84. The van der Waals surface area contributed by atoms with Crippen molar-refractivity contribution >= 4 is 46.1 Å². The molecular formula is C24H29N3O6S2. The van der Waals surface area contributed by atoms with E-state index in [2.05, 4.69) is 17.9 Å². The molecule has 1 fully saturated rings. The maximum atomic E-state index is 13.1. The SMILES string of the molecule is CCOC(=O)c1ccc(NC(=O)CN(C)C(=O)C2CC(S)CN2S(=O)(=O)Cc2ccccc2)cc1. The lowest BCUT2D eigenvalue weighted by Crippen LogP contribution is -2.48. The third kappa shape index (κ3) is 7.06. The number of likely N-dealkylation sites (N-methyl/N-ethyl adjacent to an activating group) is 1. The number of hydrogen-bond acceptors (Lipinski definition) is 7. The van der Waals surface area contributed by atoms with Crippen molar-refractivity contribution in [2.45, 2.75) is 30.4 Å². The molecule has 0 spiro atoms. The van der Waals surface area contributed by atoms with Gasteiger partial charge in [-0.3, -0.25) is 9.59 Å². The first-order valence-corrected chi connectivity index (χ1v) is 13.3. The molecule has 188 valence electrons. The van der Waals surface area contributed by atoms with Crippen LogP contribution in [-0.4, -0.2) is 73.4 Å². The number of carbonyl (C=O) groups excluding carboxylic acids is 3. The van der Waals surface area contributed by atoms with Crippen LogP contribution in [0.5, 0.6) is 0 Å². The molecule has 2 atom stereocenters. The number of hydrogen-bond donors (Lipinski definition) is 2. The van der Waals surface area contributed by atoms with Gasteiger partial charge < -0.3 is 15.0 Å². The maximum absolute atomic E-state index is 13.1. The van der Waals surface area contributed by atoms with Crippen LogP contribution in [0.2, 0.25) is 0 Å². The molecule has 1 N–H and O–H groups in total. The fourth-order valence-corrected chi connectivity index (χ4v) is 6.07. The quantitative estimate of drug-likeness (QED) is 0.388. The molecule has 0 bridgehead atoms. The van der Waals surface area contributed by atoms with Crippen molar-refractivity contribution in [3.05, 3.63) is 65.7 Å². The number of carbonyl (C=O) groups is 3. The van der Waals surface area contributed by atoms with E-state index in [4.69, 9.17) is 4.74 Å². The van der Waals surface area contributed by atoms with Crippen molar-refractivity contribution in [2.24, 2.45) is 0 Å². The summed E-state index contributed by atoms with van der Waals surface area (Å²) in [5.74, 6) is -1.60. The van der Waals surface area contributed by atoms with Gasteiger partial charge in [0.2, 0.25) is 21.8 Å². The van der Waals surface area contributed by atoms with Crippen molar-refractivity contribution in [1.82, 2.24) is 9.21 Å². The van der Waals surface area contributed by atoms with E-state index in [1.807, 2.05) is 0 Å². The van der Waals surface area contributed by atoms with Gasteiger partial charge in [0, 0.05) is 24.5 Å². The number of ether oxygens (including phenoxy) is 1. The Hall–Kier alpha value is -2.89. The van der Waals surface area contributed by atoms with Crippen molar-refractivity contribution in [3.8, 4) is 0 Å². The largest absolute Gasteiger partial charge is 0.462 e. The first-order valence-electron chi connectivity index (χ1n) is 11.1. The Bertz CT molecular complexity index is 1160. The molecule has 35 heavy (non-hydrogen) atoms. The summed E-state index contributed by atoms with van der Waals surface area (Å²) in [4.78, 5) is 38.6. The minimum Gasteiger partial charge on any atom is -0.462 e. The summed E-state index contributed by atoms with van der Waals surface area (Å²) >= 11 is 4.41. The Morgan fingerprint density at radius 3 is 2.40 bits per heavy atom. The summed E-state index contributed by atoms with van der Waals surface area (Å²) in [6, 6.07) is 14.0. The van der Waals surface area contributed by atoms with E-state index in [1.54, 1.807) is 49.4 Å². The number of esters is 1. The number of sulfonamides is 1. The monoisotopic (exact) mass is 519 g/mol. The van der Waals surface area contributed by atoms with E-state index >= 15 is 0 Å². The molecule has 3 rings (SSSR count). The van der Waals surface area contributed by atoms with Gasteiger partial charge in [0.25, 0.3) is 0 Å². The van der Waals surface area contributed by atoms with Crippen LogP contribution in [0.15, 0.2) is 54.6 Å². The summed E-state index contributed by atoms with van der Waals surface area (Å²) < 4.78 is 32.3. The summed E-state index contributed by atoms with van der Waals surface area (Å²) in [7, 11) is -2.31. The zero-order chi connectivity index (χ0) is 25.6. The number of benzene rings is 2. The Balaban J connectivity index is 1.62. The second-order valence-electron chi connectivity index (χ2n) is 8.26. The molecule has 2 aromatic carbocycles. The Morgan fingerprint density at radius 1 is 1.11 bits per heavy atom. The predicted molar refractivity (Wildman–Crippen MR) is 136 cm³/mol. The molecular weight excluding hydrogens is 490 g/mol. The van der Waals surface area contributed by atoms with Crippen LogP contribution in [0.3, 0.4) is 0 Å². The van der Waals surface area contributed by atoms with E-state index in [0.717, 1.165) is 0 Å². The number of nitrogens with zero attached hydrogens (tertiary/aromatic N) is 2. The summed E-state index contributed by atoms with van der Waals surface area (Å²) in [5, 5.41) is 2.38. The van der Waals surface area contributed by atoms with Gasteiger partial charge in [-0.1, -0.05) is 30.3 Å². The molecule has 2 aromatic rings. The predicted octanol–water partition coefficient (Wildman–Crippen LogP) is 2.16. The minimum absolute atomic E-state index is 0.127. The standard InChI is InChI=1S/C24H29N3O6S2/c1-3-33-24(30)18-9-11-19(12-10-18)25-22(28)15-26(2)23(29)21-13-20(34)14-27(21)35(31,32)16-17-7-5-4-6-8-17/h4-12,20-21,34H,3,13-16H2,1-2H3,(H,25,28). The number of anilines is 1. The number of rotatable bonds is 9. The smallest absolute Gasteiger partial charge is 0.338 e. The highest BCUT2D eigenvalue weighted by Gasteiger charge is 2.43. The molecule has 2 amide bonds. The highest BCUT2D eigenvalue weighted by molar-refractivity contribution is 7.88. The summed E-state index contributed by atoms with van der Waals surface area (Å²) in [6.07, 6.45) is 0.261. The minimum atomic E-state index is -3.77. The van der Waals surface area contributed by atoms with Crippen molar-refractivity contribution in [3.63, 3.8) is 0 Å². The highest BCUT2D eigenvalue weighted by atomic mass is 32.2. The topological polar surface area (TPSA) is 113 Å². The maximum Gasteiger partial charge on any atom is 0.338 e. The second-order valence-corrected chi connectivity index (χ2v) is 10.9. The van der Waals surface area contributed by atoms with Crippen LogP contribution >= 0.6 is 12.6 Å². The van der Waals surface area contributed by atoms with E-state index in [1.165, 1.54) is 28.4 Å². The van der Waals surface area contributed by atoms with Gasteiger partial charge in [-0.2, -0.15) is 16.9 Å². The molecule has 1 heterocycles. The molecule has 1 aliphatic heterocycles. The van der Waals surface area contributed by atoms with E-state index in [0.29, 0.717) is 16.8 Å². The average molecular weight is 520 g/mol. The first kappa shape index (κ1) is 26.7. The third-order valence-corrected chi connectivity index (χ3v) is 7.70. The number of nitrogens with one attached hydrogen (secondary N) is 1. The zero-order valence-corrected chi connectivity index (χ0v) is 21.3. The van der Waals surface area contributed by atoms with Crippen LogP contribution in [0, 0.1) is 0 Å². The lowest BCUT2D eigenvalue weighted by Gasteiger charge is -2.27. The molecule has 1 saturated heterocycles. The third-order valence-electron chi connectivity index (χ3n) is 5.50. The van der Waals surface area contributed by atoms with Crippen LogP contribution in [0.1, 0.15) is 29.3 Å². The lowest BCUT2D eigenvalue weighted by molar-refractivity contribution is -0.136. The van der Waals surface area contributed by atoms with Crippen molar-refractivity contribution in [2.75, 3.05) is 32.1 Å². The normalized spacial score (nSPS) is 18.1. The van der Waals surface area contributed by atoms with E-state index < -0.39 is 33.8 Å². The Morgan fingerprint density at radius 2 is 1.77 bits per heavy atom. The van der Waals surface area contributed by atoms with E-state index in [-0.39, 0.29) is 37.1 Å². The van der Waals surface area contributed by atoms with Gasteiger partial charge >= 0.3 is 5.97 Å². The van der Waals surface area contributed by atoms with Crippen molar-refractivity contribution < 1.29 is 27.5 Å². The van der Waals surface area contributed by atoms with Gasteiger partial charge in [0.15, 0.2) is 0 Å². The Kier molecular flexibility index (Phi) is 8.92. The first-order chi connectivity index (χ1) is 16.6. The number of thiol groups is 1. The fraction of sp³-hybridized carbons (Fsp3) is 0.375. The van der Waals surface area contributed by atoms with Gasteiger partial charge in [0.1, 0.15) is 6.04 Å². The van der Waals surface area contributed by atoms with Crippen LogP contribution in [0.4, 0.5) is 5.69 Å². The molecule has 1 aliphatic rings. The van der Waals surface area contributed by atoms with Crippen LogP contribution in [0.25, 0.3) is 0 Å². The number of amides is 2. The molecule has 0 aliphatic carbocycles. The molecule has 0 radical (unpaired) electrons. The summed E-state index contributed by atoms with van der Waals surface area (Å²) in [5.41, 5.74) is 1.44. The molecule has 9 nitrogen and oxygen atoms in total. The average Bonchev–Trinajstić information content (AvgIpc) is 3.22. The zero-order valence-electron chi connectivity index (χ0n) is 19.6.